The van der Waals surface area contributed by atoms with Crippen LogP contribution in [0, 0.1) is 10.1 Å². The molecular formula is C24H18Cl2N4O3. The quantitative estimate of drug-likeness (QED) is 0.212. The van der Waals surface area contributed by atoms with Crippen molar-refractivity contribution in [2.75, 3.05) is 0 Å². The van der Waals surface area contributed by atoms with Crippen molar-refractivity contribution < 1.29 is 9.72 Å². The van der Waals surface area contributed by atoms with E-state index >= 15 is 0 Å². The van der Waals surface area contributed by atoms with E-state index in [1.807, 2.05) is 36.5 Å². The van der Waals surface area contributed by atoms with Crippen molar-refractivity contribution in [3.63, 3.8) is 0 Å². The minimum atomic E-state index is -0.481. The van der Waals surface area contributed by atoms with Gasteiger partial charge in [0.1, 0.15) is 0 Å². The van der Waals surface area contributed by atoms with Gasteiger partial charge in [-0.3, -0.25) is 14.9 Å². The lowest BCUT2D eigenvalue weighted by molar-refractivity contribution is -0.384. The van der Waals surface area contributed by atoms with Crippen LogP contribution in [0.15, 0.2) is 78.0 Å². The van der Waals surface area contributed by atoms with Gasteiger partial charge in [-0.05, 0) is 29.3 Å². The minimum absolute atomic E-state index is 0.0199. The number of amides is 1. The highest BCUT2D eigenvalue weighted by molar-refractivity contribution is 6.35. The molecule has 0 aliphatic rings. The summed E-state index contributed by atoms with van der Waals surface area (Å²) in [6.45, 7) is 0.552. The molecule has 1 N–H and O–H groups in total. The third-order valence-electron chi connectivity index (χ3n) is 5.08. The van der Waals surface area contributed by atoms with E-state index in [0.29, 0.717) is 22.2 Å². The maximum atomic E-state index is 12.2. The molecule has 0 radical (unpaired) electrons. The molecule has 9 heteroatoms. The number of para-hydroxylation sites is 1. The van der Waals surface area contributed by atoms with Gasteiger partial charge in [-0.25, -0.2) is 5.43 Å². The summed E-state index contributed by atoms with van der Waals surface area (Å²) >= 11 is 12.3. The number of carbonyl (C=O) groups is 1. The molecule has 4 rings (SSSR count). The Labute approximate surface area is 199 Å². The molecule has 1 amide bonds. The number of hydrazone groups is 1. The molecule has 33 heavy (non-hydrogen) atoms. The van der Waals surface area contributed by atoms with Crippen LogP contribution in [0.4, 0.5) is 5.69 Å². The van der Waals surface area contributed by atoms with Crippen LogP contribution in [-0.4, -0.2) is 21.6 Å². The Morgan fingerprint density at radius 1 is 1.09 bits per heavy atom. The maximum absolute atomic E-state index is 12.2. The molecule has 1 heterocycles. The second kappa shape index (κ2) is 9.85. The van der Waals surface area contributed by atoms with Crippen LogP contribution in [0.1, 0.15) is 16.7 Å². The number of halogens is 2. The SMILES string of the molecule is O=C(Cc1ccc([N+](=O)[O-])cc1)N/N=C\c1cn(Cc2ccc(Cl)cc2Cl)c2ccccc12. The number of nitrogens with zero attached hydrogens (tertiary/aromatic N) is 3. The molecule has 7 nitrogen and oxygen atoms in total. The fourth-order valence-corrected chi connectivity index (χ4v) is 3.94. The van der Waals surface area contributed by atoms with E-state index in [0.717, 1.165) is 22.0 Å². The molecule has 0 spiro atoms. The molecule has 0 atom stereocenters. The summed E-state index contributed by atoms with van der Waals surface area (Å²) in [5.41, 5.74) is 5.92. The van der Waals surface area contributed by atoms with Crippen molar-refractivity contribution in [2.24, 2.45) is 5.10 Å². The van der Waals surface area contributed by atoms with Gasteiger partial charge in [0.05, 0.1) is 17.6 Å². The summed E-state index contributed by atoms with van der Waals surface area (Å²) in [6, 6.07) is 19.1. The topological polar surface area (TPSA) is 89.5 Å². The van der Waals surface area contributed by atoms with Gasteiger partial charge in [-0.1, -0.05) is 59.6 Å². The maximum Gasteiger partial charge on any atom is 0.269 e. The number of benzene rings is 3. The summed E-state index contributed by atoms with van der Waals surface area (Å²) in [6.07, 6.45) is 3.60. The van der Waals surface area contributed by atoms with Crippen LogP contribution < -0.4 is 5.43 Å². The van der Waals surface area contributed by atoms with Crippen LogP contribution in [0.25, 0.3) is 10.9 Å². The highest BCUT2D eigenvalue weighted by Crippen LogP contribution is 2.25. The first kappa shape index (κ1) is 22.5. The molecule has 0 unspecified atom stereocenters. The number of nitro benzene ring substituents is 1. The predicted octanol–water partition coefficient (Wildman–Crippen LogP) is 5.60. The van der Waals surface area contributed by atoms with Crippen LogP contribution in [0.5, 0.6) is 0 Å². The van der Waals surface area contributed by atoms with Crippen molar-refractivity contribution in [2.45, 2.75) is 13.0 Å². The van der Waals surface area contributed by atoms with Gasteiger partial charge < -0.3 is 4.57 Å². The standard InChI is InChI=1S/C24H18Cl2N4O3/c25-19-8-7-17(22(26)12-19)14-29-15-18(21-3-1-2-4-23(21)29)13-27-28-24(31)11-16-5-9-20(10-6-16)30(32)33/h1-10,12-13,15H,11,14H2,(H,28,31)/b27-13-. The van der Waals surface area contributed by atoms with Crippen LogP contribution in [0.3, 0.4) is 0 Å². The third kappa shape index (κ3) is 5.39. The Kier molecular flexibility index (Phi) is 6.72. The number of fused-ring (bicyclic) bond motifs is 1. The lowest BCUT2D eigenvalue weighted by Crippen LogP contribution is -2.19. The van der Waals surface area contributed by atoms with Crippen molar-refractivity contribution in [1.82, 2.24) is 9.99 Å². The monoisotopic (exact) mass is 480 g/mol. The second-order valence-corrected chi connectivity index (χ2v) is 8.20. The molecule has 166 valence electrons. The van der Waals surface area contributed by atoms with Gasteiger partial charge in [0.2, 0.25) is 5.91 Å². The molecule has 4 aromatic rings. The normalized spacial score (nSPS) is 11.2. The molecule has 0 fully saturated rings. The molecule has 3 aromatic carbocycles. The summed E-state index contributed by atoms with van der Waals surface area (Å²) in [7, 11) is 0. The minimum Gasteiger partial charge on any atom is -0.342 e. The molecule has 0 saturated carbocycles. The number of hydrogen-bond donors (Lipinski definition) is 1. The molecule has 0 aliphatic heterocycles. The zero-order chi connectivity index (χ0) is 23.4. The number of hydrogen-bond acceptors (Lipinski definition) is 4. The number of rotatable bonds is 7. The summed E-state index contributed by atoms with van der Waals surface area (Å²) < 4.78 is 2.06. The molecule has 0 bridgehead atoms. The zero-order valence-corrected chi connectivity index (χ0v) is 18.8. The first-order valence-electron chi connectivity index (χ1n) is 9.98. The van der Waals surface area contributed by atoms with Gasteiger partial charge >= 0.3 is 0 Å². The fraction of sp³-hybridized carbons (Fsp3) is 0.0833. The number of nitrogens with one attached hydrogen (secondary N) is 1. The molecular weight excluding hydrogens is 463 g/mol. The van der Waals surface area contributed by atoms with Crippen molar-refractivity contribution in [3.05, 3.63) is 110 Å². The Morgan fingerprint density at radius 3 is 2.58 bits per heavy atom. The highest BCUT2D eigenvalue weighted by atomic mass is 35.5. The van der Waals surface area contributed by atoms with E-state index in [2.05, 4.69) is 15.1 Å². The lowest BCUT2D eigenvalue weighted by atomic mass is 10.1. The molecule has 1 aromatic heterocycles. The summed E-state index contributed by atoms with van der Waals surface area (Å²) in [4.78, 5) is 22.5. The smallest absolute Gasteiger partial charge is 0.269 e. The van der Waals surface area contributed by atoms with Crippen molar-refractivity contribution in [3.8, 4) is 0 Å². The van der Waals surface area contributed by atoms with Crippen LogP contribution in [-0.2, 0) is 17.8 Å². The molecule has 0 saturated heterocycles. The van der Waals surface area contributed by atoms with E-state index in [9.17, 15) is 14.9 Å². The average molecular weight is 481 g/mol. The van der Waals surface area contributed by atoms with Gasteiger partial charge in [-0.15, -0.1) is 0 Å². The fourth-order valence-electron chi connectivity index (χ4n) is 3.48. The molecule has 0 aliphatic carbocycles. The largest absolute Gasteiger partial charge is 0.342 e. The zero-order valence-electron chi connectivity index (χ0n) is 17.2. The average Bonchev–Trinajstić information content (AvgIpc) is 3.13. The number of non-ortho nitro benzene ring substituents is 1. The Morgan fingerprint density at radius 2 is 1.85 bits per heavy atom. The third-order valence-corrected chi connectivity index (χ3v) is 5.67. The van der Waals surface area contributed by atoms with E-state index in [4.69, 9.17) is 23.2 Å². The van der Waals surface area contributed by atoms with Gasteiger partial charge in [0.25, 0.3) is 5.69 Å². The summed E-state index contributed by atoms with van der Waals surface area (Å²) in [5.74, 6) is -0.322. The first-order valence-corrected chi connectivity index (χ1v) is 10.7. The number of carbonyl (C=O) groups excluding carboxylic acids is 1. The van der Waals surface area contributed by atoms with E-state index in [1.165, 1.54) is 12.1 Å². The van der Waals surface area contributed by atoms with Crippen molar-refractivity contribution >= 4 is 51.9 Å². The Bertz CT molecular complexity index is 1360. The first-order chi connectivity index (χ1) is 15.9. The predicted molar refractivity (Wildman–Crippen MR) is 130 cm³/mol. The van der Waals surface area contributed by atoms with E-state index in [-0.39, 0.29) is 18.0 Å². The van der Waals surface area contributed by atoms with Gasteiger partial charge in [0.15, 0.2) is 0 Å². The van der Waals surface area contributed by atoms with E-state index < -0.39 is 4.92 Å². The van der Waals surface area contributed by atoms with Gasteiger partial charge in [-0.2, -0.15) is 5.10 Å². The highest BCUT2D eigenvalue weighted by Gasteiger charge is 2.10. The number of nitro groups is 1. The Hall–Kier alpha value is -3.68. The second-order valence-electron chi connectivity index (χ2n) is 7.36. The summed E-state index contributed by atoms with van der Waals surface area (Å²) in [5, 5.41) is 17.0. The Balaban J connectivity index is 1.48. The lowest BCUT2D eigenvalue weighted by Gasteiger charge is -2.08. The van der Waals surface area contributed by atoms with Crippen LogP contribution >= 0.6 is 23.2 Å². The van der Waals surface area contributed by atoms with Crippen LogP contribution in [0.2, 0.25) is 10.0 Å². The number of aromatic nitrogens is 1. The van der Waals surface area contributed by atoms with Crippen molar-refractivity contribution in [1.29, 1.82) is 0 Å². The van der Waals surface area contributed by atoms with Gasteiger partial charge in [0, 0.05) is 51.4 Å². The van der Waals surface area contributed by atoms with E-state index in [1.54, 1.807) is 30.5 Å².